The Labute approximate surface area is 77.9 Å². The molecule has 1 fully saturated rings. The molecule has 0 aromatic heterocycles. The van der Waals surface area contributed by atoms with Crippen molar-refractivity contribution in [3.05, 3.63) is 35.9 Å². The van der Waals surface area contributed by atoms with Crippen LogP contribution in [-0.2, 0) is 0 Å². The quantitative estimate of drug-likeness (QED) is 0.580. The Morgan fingerprint density at radius 3 is 2.92 bits per heavy atom. The molecule has 1 aromatic rings. The van der Waals surface area contributed by atoms with Gasteiger partial charge in [0.1, 0.15) is 0 Å². The Morgan fingerprint density at radius 2 is 2.08 bits per heavy atom. The standard InChI is InChI=1S/C11H12N2/c1-2-4-9(5-3-1)11-10-8-13(10)7-6-12-11/h1-5,10H,6-8H2. The minimum Gasteiger partial charge on any atom is -0.290 e. The molecule has 0 bridgehead atoms. The van der Waals surface area contributed by atoms with Crippen LogP contribution in [0.4, 0.5) is 0 Å². The molecule has 0 N–H and O–H groups in total. The molecule has 0 spiro atoms. The summed E-state index contributed by atoms with van der Waals surface area (Å²) < 4.78 is 0. The minimum absolute atomic E-state index is 0.635. The van der Waals surface area contributed by atoms with Gasteiger partial charge in [-0.05, 0) is 5.56 Å². The van der Waals surface area contributed by atoms with E-state index in [2.05, 4.69) is 40.2 Å². The third-order valence-corrected chi connectivity index (χ3v) is 2.77. The van der Waals surface area contributed by atoms with E-state index in [0.717, 1.165) is 13.1 Å². The largest absolute Gasteiger partial charge is 0.290 e. The number of hydrogen-bond acceptors (Lipinski definition) is 2. The minimum atomic E-state index is 0.635. The van der Waals surface area contributed by atoms with Gasteiger partial charge in [-0.1, -0.05) is 30.3 Å². The van der Waals surface area contributed by atoms with Crippen molar-refractivity contribution in [1.82, 2.24) is 4.90 Å². The predicted molar refractivity (Wildman–Crippen MR) is 53.2 cm³/mol. The van der Waals surface area contributed by atoms with E-state index < -0.39 is 0 Å². The summed E-state index contributed by atoms with van der Waals surface area (Å²) in [6.07, 6.45) is 0. The summed E-state index contributed by atoms with van der Waals surface area (Å²) in [5.74, 6) is 0. The molecule has 0 radical (unpaired) electrons. The van der Waals surface area contributed by atoms with Gasteiger partial charge in [0, 0.05) is 13.1 Å². The third kappa shape index (κ3) is 1.18. The highest BCUT2D eigenvalue weighted by molar-refractivity contribution is 6.06. The van der Waals surface area contributed by atoms with Crippen molar-refractivity contribution >= 4 is 5.71 Å². The normalized spacial score (nSPS) is 30.6. The summed E-state index contributed by atoms with van der Waals surface area (Å²) in [6.45, 7) is 3.34. The average Bonchev–Trinajstić information content (AvgIpc) is 2.97. The monoisotopic (exact) mass is 172 g/mol. The van der Waals surface area contributed by atoms with Crippen molar-refractivity contribution in [1.29, 1.82) is 0 Å². The van der Waals surface area contributed by atoms with E-state index in [0.29, 0.717) is 6.04 Å². The highest BCUT2D eigenvalue weighted by Gasteiger charge is 2.40. The molecule has 0 amide bonds. The summed E-state index contributed by atoms with van der Waals surface area (Å²) >= 11 is 0. The van der Waals surface area contributed by atoms with Crippen LogP contribution in [0.25, 0.3) is 0 Å². The fourth-order valence-corrected chi connectivity index (χ4v) is 1.98. The zero-order valence-corrected chi connectivity index (χ0v) is 7.48. The lowest BCUT2D eigenvalue weighted by atomic mass is 10.1. The Bertz CT molecular complexity index is 342. The Morgan fingerprint density at radius 1 is 1.23 bits per heavy atom. The summed E-state index contributed by atoms with van der Waals surface area (Å²) in [5.41, 5.74) is 2.60. The molecule has 2 aliphatic heterocycles. The van der Waals surface area contributed by atoms with Crippen LogP contribution in [0.3, 0.4) is 0 Å². The van der Waals surface area contributed by atoms with Crippen LogP contribution in [0.5, 0.6) is 0 Å². The number of fused-ring (bicyclic) bond motifs is 1. The maximum atomic E-state index is 4.60. The van der Waals surface area contributed by atoms with E-state index in [-0.39, 0.29) is 0 Å². The second-order valence-corrected chi connectivity index (χ2v) is 3.64. The van der Waals surface area contributed by atoms with Crippen molar-refractivity contribution in [3.63, 3.8) is 0 Å². The van der Waals surface area contributed by atoms with Gasteiger partial charge in [-0.3, -0.25) is 9.89 Å². The van der Waals surface area contributed by atoms with Crippen molar-refractivity contribution < 1.29 is 0 Å². The molecule has 66 valence electrons. The van der Waals surface area contributed by atoms with E-state index in [4.69, 9.17) is 0 Å². The van der Waals surface area contributed by atoms with Gasteiger partial charge < -0.3 is 0 Å². The molecule has 0 saturated carbocycles. The number of nitrogens with zero attached hydrogens (tertiary/aromatic N) is 2. The first-order valence-corrected chi connectivity index (χ1v) is 4.79. The van der Waals surface area contributed by atoms with Gasteiger partial charge in [0.2, 0.25) is 0 Å². The highest BCUT2D eigenvalue weighted by atomic mass is 15.3. The molecule has 2 aliphatic rings. The zero-order chi connectivity index (χ0) is 8.67. The van der Waals surface area contributed by atoms with Crippen molar-refractivity contribution in [2.45, 2.75) is 6.04 Å². The van der Waals surface area contributed by atoms with Crippen molar-refractivity contribution in [2.75, 3.05) is 19.6 Å². The molecule has 1 aromatic carbocycles. The number of rotatable bonds is 1. The topological polar surface area (TPSA) is 15.4 Å². The van der Waals surface area contributed by atoms with Crippen LogP contribution in [0.1, 0.15) is 5.56 Å². The molecule has 2 heterocycles. The first-order chi connectivity index (χ1) is 6.45. The average molecular weight is 172 g/mol. The predicted octanol–water partition coefficient (Wildman–Crippen LogP) is 1.17. The molecular weight excluding hydrogens is 160 g/mol. The highest BCUT2D eigenvalue weighted by Crippen LogP contribution is 2.25. The fraction of sp³-hybridized carbons (Fsp3) is 0.364. The maximum Gasteiger partial charge on any atom is 0.0652 e. The van der Waals surface area contributed by atoms with Gasteiger partial charge in [0.25, 0.3) is 0 Å². The van der Waals surface area contributed by atoms with Crippen LogP contribution in [0.2, 0.25) is 0 Å². The van der Waals surface area contributed by atoms with Gasteiger partial charge >= 0.3 is 0 Å². The van der Waals surface area contributed by atoms with Gasteiger partial charge in [0.05, 0.1) is 18.3 Å². The van der Waals surface area contributed by atoms with Crippen LogP contribution in [0.15, 0.2) is 35.3 Å². The first-order valence-electron chi connectivity index (χ1n) is 4.79. The Balaban J connectivity index is 1.97. The molecule has 2 nitrogen and oxygen atoms in total. The van der Waals surface area contributed by atoms with Crippen LogP contribution in [0, 0.1) is 0 Å². The SMILES string of the molecule is c1ccc(C2=NCCN3CC23)cc1. The Kier molecular flexibility index (Phi) is 1.49. The van der Waals surface area contributed by atoms with E-state index in [1.165, 1.54) is 17.8 Å². The van der Waals surface area contributed by atoms with Gasteiger partial charge in [-0.2, -0.15) is 0 Å². The van der Waals surface area contributed by atoms with Gasteiger partial charge in [-0.15, -0.1) is 0 Å². The lowest BCUT2D eigenvalue weighted by Crippen LogP contribution is -2.22. The van der Waals surface area contributed by atoms with E-state index in [1.807, 2.05) is 0 Å². The smallest absolute Gasteiger partial charge is 0.0652 e. The molecule has 2 atom stereocenters. The third-order valence-electron chi connectivity index (χ3n) is 2.77. The number of aliphatic imine (C=N–C) groups is 1. The first kappa shape index (κ1) is 7.27. The fourth-order valence-electron chi connectivity index (χ4n) is 1.98. The summed E-state index contributed by atoms with van der Waals surface area (Å²) in [6, 6.07) is 11.2. The Hall–Kier alpha value is -1.15. The van der Waals surface area contributed by atoms with Crippen LogP contribution in [-0.4, -0.2) is 36.3 Å². The van der Waals surface area contributed by atoms with Gasteiger partial charge in [-0.25, -0.2) is 0 Å². The summed E-state index contributed by atoms with van der Waals surface area (Å²) in [4.78, 5) is 7.06. The second-order valence-electron chi connectivity index (χ2n) is 3.64. The molecule has 2 unspecified atom stereocenters. The lowest BCUT2D eigenvalue weighted by Gasteiger charge is -2.12. The molecule has 3 rings (SSSR count). The van der Waals surface area contributed by atoms with Gasteiger partial charge in [0.15, 0.2) is 0 Å². The van der Waals surface area contributed by atoms with E-state index >= 15 is 0 Å². The van der Waals surface area contributed by atoms with Crippen molar-refractivity contribution in [2.24, 2.45) is 4.99 Å². The summed E-state index contributed by atoms with van der Waals surface area (Å²) in [5, 5.41) is 0. The second kappa shape index (κ2) is 2.67. The maximum absolute atomic E-state index is 4.60. The molecule has 0 aliphatic carbocycles. The summed E-state index contributed by atoms with van der Waals surface area (Å²) in [7, 11) is 0. The van der Waals surface area contributed by atoms with Crippen LogP contribution < -0.4 is 0 Å². The van der Waals surface area contributed by atoms with Crippen molar-refractivity contribution in [3.8, 4) is 0 Å². The van der Waals surface area contributed by atoms with Crippen LogP contribution >= 0.6 is 0 Å². The molecule has 13 heavy (non-hydrogen) atoms. The molecule has 1 saturated heterocycles. The lowest BCUT2D eigenvalue weighted by molar-refractivity contribution is 0.536. The number of benzene rings is 1. The zero-order valence-electron chi connectivity index (χ0n) is 7.48. The molecule has 2 heteroatoms. The molecular formula is C11H12N2. The van der Waals surface area contributed by atoms with E-state index in [9.17, 15) is 0 Å². The van der Waals surface area contributed by atoms with E-state index in [1.54, 1.807) is 0 Å². The number of hydrogen-bond donors (Lipinski definition) is 0.